The number of aromatic nitrogens is 2. The van der Waals surface area contributed by atoms with Crippen molar-refractivity contribution >= 4 is 29.0 Å². The Morgan fingerprint density at radius 1 is 1.00 bits per heavy atom. The summed E-state index contributed by atoms with van der Waals surface area (Å²) in [5, 5.41) is 14.4. The van der Waals surface area contributed by atoms with Gasteiger partial charge in [0.05, 0.1) is 19.2 Å². The Morgan fingerprint density at radius 2 is 1.79 bits per heavy atom. The Balaban J connectivity index is 1.62. The van der Waals surface area contributed by atoms with Gasteiger partial charge in [0, 0.05) is 17.8 Å². The van der Waals surface area contributed by atoms with E-state index in [1.165, 1.54) is 0 Å². The molecule has 0 radical (unpaired) electrons. The van der Waals surface area contributed by atoms with E-state index in [1.54, 1.807) is 44.6 Å². The topological polar surface area (TPSA) is 85.4 Å². The monoisotopic (exact) mass is 398 g/mol. The van der Waals surface area contributed by atoms with Crippen LogP contribution in [-0.2, 0) is 6.54 Å². The van der Waals surface area contributed by atoms with Gasteiger partial charge in [0.15, 0.2) is 11.5 Å². The number of hydrogen-bond donors (Lipinski definition) is 2. The van der Waals surface area contributed by atoms with Gasteiger partial charge in [0.25, 0.3) is 5.91 Å². The minimum absolute atomic E-state index is 0.216. The number of rotatable bonds is 7. The Kier molecular flexibility index (Phi) is 6.29. The molecule has 0 aliphatic carbocycles. The van der Waals surface area contributed by atoms with Crippen LogP contribution in [0.4, 0.5) is 11.5 Å². The lowest BCUT2D eigenvalue weighted by Crippen LogP contribution is -2.24. The van der Waals surface area contributed by atoms with Gasteiger partial charge in [-0.1, -0.05) is 29.8 Å². The summed E-state index contributed by atoms with van der Waals surface area (Å²) < 4.78 is 10.4. The first-order valence-electron chi connectivity index (χ1n) is 8.45. The average Bonchev–Trinajstić information content (AvgIpc) is 2.73. The van der Waals surface area contributed by atoms with E-state index in [0.717, 1.165) is 11.3 Å². The fourth-order valence-electron chi connectivity index (χ4n) is 2.53. The number of hydrogen-bond acceptors (Lipinski definition) is 6. The number of amides is 1. The largest absolute Gasteiger partial charge is 0.496 e. The molecule has 0 bridgehead atoms. The molecule has 8 heteroatoms. The standard InChI is InChI=1S/C20H19ClN4O3/c1-27-17-6-4-3-5-13(17)12-22-20(26)16-8-10-19(25-24-16)23-14-7-9-18(28-2)15(21)11-14/h3-11H,12H2,1-2H3,(H,22,26)(H,23,25). The fourth-order valence-corrected chi connectivity index (χ4v) is 2.78. The Hall–Kier alpha value is -3.32. The van der Waals surface area contributed by atoms with E-state index in [4.69, 9.17) is 21.1 Å². The van der Waals surface area contributed by atoms with Crippen molar-refractivity contribution in [2.24, 2.45) is 0 Å². The number of nitrogens with one attached hydrogen (secondary N) is 2. The summed E-state index contributed by atoms with van der Waals surface area (Å²) in [6, 6.07) is 16.0. The third-order valence-corrected chi connectivity index (χ3v) is 4.25. The van der Waals surface area contributed by atoms with Crippen LogP contribution in [-0.4, -0.2) is 30.3 Å². The van der Waals surface area contributed by atoms with E-state index in [9.17, 15) is 4.79 Å². The van der Waals surface area contributed by atoms with E-state index in [2.05, 4.69) is 20.8 Å². The summed E-state index contributed by atoms with van der Waals surface area (Å²) in [4.78, 5) is 12.3. The predicted molar refractivity (Wildman–Crippen MR) is 107 cm³/mol. The molecule has 144 valence electrons. The lowest BCUT2D eigenvalue weighted by Gasteiger charge is -2.10. The molecule has 0 aliphatic heterocycles. The number of methoxy groups -OCH3 is 2. The summed E-state index contributed by atoms with van der Waals surface area (Å²) in [5.74, 6) is 1.46. The van der Waals surface area contributed by atoms with Crippen molar-refractivity contribution in [2.45, 2.75) is 6.54 Å². The molecule has 0 saturated heterocycles. The van der Waals surface area contributed by atoms with Crippen LogP contribution in [0.15, 0.2) is 54.6 Å². The normalized spacial score (nSPS) is 10.2. The molecule has 0 atom stereocenters. The van der Waals surface area contributed by atoms with Gasteiger partial charge in [-0.3, -0.25) is 4.79 Å². The molecular formula is C20H19ClN4O3. The fraction of sp³-hybridized carbons (Fsp3) is 0.150. The summed E-state index contributed by atoms with van der Waals surface area (Å²) >= 11 is 6.11. The zero-order valence-corrected chi connectivity index (χ0v) is 16.2. The zero-order chi connectivity index (χ0) is 19.9. The Bertz CT molecular complexity index is 964. The van der Waals surface area contributed by atoms with Gasteiger partial charge >= 0.3 is 0 Å². The van der Waals surface area contributed by atoms with Crippen LogP contribution in [0.25, 0.3) is 0 Å². The highest BCUT2D eigenvalue weighted by Crippen LogP contribution is 2.28. The first-order valence-corrected chi connectivity index (χ1v) is 8.83. The number of benzene rings is 2. The maximum absolute atomic E-state index is 12.3. The van der Waals surface area contributed by atoms with Gasteiger partial charge in [-0.25, -0.2) is 0 Å². The lowest BCUT2D eigenvalue weighted by molar-refractivity contribution is 0.0944. The van der Waals surface area contributed by atoms with Crippen LogP contribution < -0.4 is 20.1 Å². The molecule has 2 aromatic carbocycles. The summed E-state index contributed by atoms with van der Waals surface area (Å²) in [6.45, 7) is 0.328. The van der Waals surface area contributed by atoms with Crippen molar-refractivity contribution in [3.8, 4) is 11.5 Å². The van der Waals surface area contributed by atoms with Crippen LogP contribution in [0.2, 0.25) is 5.02 Å². The molecule has 1 aromatic heterocycles. The van der Waals surface area contributed by atoms with Crippen LogP contribution >= 0.6 is 11.6 Å². The highest BCUT2D eigenvalue weighted by atomic mass is 35.5. The molecule has 3 rings (SSSR count). The van der Waals surface area contributed by atoms with Crippen LogP contribution in [0.5, 0.6) is 11.5 Å². The molecule has 0 aliphatic rings. The second-order valence-electron chi connectivity index (χ2n) is 5.77. The number of anilines is 2. The van der Waals surface area contributed by atoms with Gasteiger partial charge < -0.3 is 20.1 Å². The van der Waals surface area contributed by atoms with Gasteiger partial charge in [-0.15, -0.1) is 10.2 Å². The van der Waals surface area contributed by atoms with E-state index in [-0.39, 0.29) is 11.6 Å². The molecule has 0 spiro atoms. The van der Waals surface area contributed by atoms with Gasteiger partial charge in [0.1, 0.15) is 11.5 Å². The van der Waals surface area contributed by atoms with Crippen molar-refractivity contribution in [3.63, 3.8) is 0 Å². The van der Waals surface area contributed by atoms with Crippen molar-refractivity contribution in [3.05, 3.63) is 70.9 Å². The quantitative estimate of drug-likeness (QED) is 0.629. The maximum Gasteiger partial charge on any atom is 0.272 e. The molecular weight excluding hydrogens is 380 g/mol. The molecule has 7 nitrogen and oxygen atoms in total. The van der Waals surface area contributed by atoms with Crippen LogP contribution in [0, 0.1) is 0 Å². The third kappa shape index (κ3) is 4.69. The summed E-state index contributed by atoms with van der Waals surface area (Å²) in [7, 11) is 3.14. The third-order valence-electron chi connectivity index (χ3n) is 3.95. The van der Waals surface area contributed by atoms with Crippen molar-refractivity contribution in [1.82, 2.24) is 15.5 Å². The van der Waals surface area contributed by atoms with Gasteiger partial charge in [-0.05, 0) is 36.4 Å². The highest BCUT2D eigenvalue weighted by Gasteiger charge is 2.10. The number of ether oxygens (including phenoxy) is 2. The first kappa shape index (κ1) is 19.4. The van der Waals surface area contributed by atoms with Crippen LogP contribution in [0.1, 0.15) is 16.1 Å². The zero-order valence-electron chi connectivity index (χ0n) is 15.4. The van der Waals surface area contributed by atoms with E-state index in [0.29, 0.717) is 28.9 Å². The number of halogens is 1. The molecule has 0 saturated carbocycles. The smallest absolute Gasteiger partial charge is 0.272 e. The van der Waals surface area contributed by atoms with E-state index >= 15 is 0 Å². The lowest BCUT2D eigenvalue weighted by atomic mass is 10.2. The highest BCUT2D eigenvalue weighted by molar-refractivity contribution is 6.32. The van der Waals surface area contributed by atoms with E-state index < -0.39 is 0 Å². The molecule has 3 aromatic rings. The second kappa shape index (κ2) is 9.05. The molecule has 1 amide bonds. The predicted octanol–water partition coefficient (Wildman–Crippen LogP) is 3.82. The van der Waals surface area contributed by atoms with Gasteiger partial charge in [-0.2, -0.15) is 0 Å². The number of carbonyl (C=O) groups excluding carboxylic acids is 1. The van der Waals surface area contributed by atoms with Gasteiger partial charge in [0.2, 0.25) is 0 Å². The molecule has 28 heavy (non-hydrogen) atoms. The number of carbonyl (C=O) groups is 1. The van der Waals surface area contributed by atoms with Crippen molar-refractivity contribution < 1.29 is 14.3 Å². The first-order chi connectivity index (χ1) is 13.6. The number of nitrogens with zero attached hydrogens (tertiary/aromatic N) is 2. The molecule has 1 heterocycles. The molecule has 2 N–H and O–H groups in total. The maximum atomic E-state index is 12.3. The SMILES string of the molecule is COc1ccc(Nc2ccc(C(=O)NCc3ccccc3OC)nn2)cc1Cl. The Morgan fingerprint density at radius 3 is 2.46 bits per heavy atom. The van der Waals surface area contributed by atoms with E-state index in [1.807, 2.05) is 24.3 Å². The molecule has 0 unspecified atom stereocenters. The minimum atomic E-state index is -0.322. The van der Waals surface area contributed by atoms with Crippen LogP contribution in [0.3, 0.4) is 0 Å². The Labute approximate surface area is 167 Å². The average molecular weight is 399 g/mol. The van der Waals surface area contributed by atoms with Crippen molar-refractivity contribution in [2.75, 3.05) is 19.5 Å². The number of para-hydroxylation sites is 1. The minimum Gasteiger partial charge on any atom is -0.496 e. The van der Waals surface area contributed by atoms with Crippen molar-refractivity contribution in [1.29, 1.82) is 0 Å². The summed E-state index contributed by atoms with van der Waals surface area (Å²) in [5.41, 5.74) is 1.82. The summed E-state index contributed by atoms with van der Waals surface area (Å²) in [6.07, 6.45) is 0. The second-order valence-corrected chi connectivity index (χ2v) is 6.18. The molecule has 0 fully saturated rings.